The lowest BCUT2D eigenvalue weighted by Crippen LogP contribution is -2.20. The number of nitrogens with one attached hydrogen (secondary N) is 1. The summed E-state index contributed by atoms with van der Waals surface area (Å²) in [5.74, 6) is 0. The first kappa shape index (κ1) is 12.3. The molecule has 0 radical (unpaired) electrons. The largest absolute Gasteiger partial charge is 0.310 e. The van der Waals surface area contributed by atoms with Crippen LogP contribution < -0.4 is 5.32 Å². The molecule has 0 saturated carbocycles. The van der Waals surface area contributed by atoms with Gasteiger partial charge in [-0.3, -0.25) is 0 Å². The van der Waals surface area contributed by atoms with E-state index in [1.165, 1.54) is 24.0 Å². The van der Waals surface area contributed by atoms with Gasteiger partial charge in [-0.1, -0.05) is 51.5 Å². The van der Waals surface area contributed by atoms with Crippen LogP contribution in [0.3, 0.4) is 0 Å². The van der Waals surface area contributed by atoms with Crippen molar-refractivity contribution in [2.24, 2.45) is 0 Å². The zero-order chi connectivity index (χ0) is 11.1. The molecule has 15 heavy (non-hydrogen) atoms. The first-order valence-corrected chi connectivity index (χ1v) is 6.14. The first-order valence-electron chi connectivity index (χ1n) is 6.14. The van der Waals surface area contributed by atoms with E-state index >= 15 is 0 Å². The second-order valence-electron chi connectivity index (χ2n) is 3.99. The van der Waals surface area contributed by atoms with Gasteiger partial charge >= 0.3 is 0 Å². The molecule has 1 heteroatoms. The van der Waals surface area contributed by atoms with E-state index in [1.54, 1.807) is 0 Å². The van der Waals surface area contributed by atoms with Crippen LogP contribution in [0.5, 0.6) is 0 Å². The van der Waals surface area contributed by atoms with Gasteiger partial charge in [-0.15, -0.1) is 0 Å². The molecule has 1 atom stereocenters. The number of benzene rings is 1. The molecule has 1 N–H and O–H groups in total. The van der Waals surface area contributed by atoms with Gasteiger partial charge in [0, 0.05) is 6.04 Å². The van der Waals surface area contributed by atoms with E-state index < -0.39 is 0 Å². The van der Waals surface area contributed by atoms with E-state index in [9.17, 15) is 0 Å². The Balaban J connectivity index is 2.72. The van der Waals surface area contributed by atoms with Crippen molar-refractivity contribution in [2.75, 3.05) is 6.54 Å². The molecular weight excluding hydrogens is 182 g/mol. The lowest BCUT2D eigenvalue weighted by Gasteiger charge is -2.17. The molecule has 0 bridgehead atoms. The molecule has 84 valence electrons. The van der Waals surface area contributed by atoms with Crippen LogP contribution in [0.25, 0.3) is 0 Å². The first-order chi connectivity index (χ1) is 7.31. The lowest BCUT2D eigenvalue weighted by molar-refractivity contribution is 0.509. The van der Waals surface area contributed by atoms with Crippen molar-refractivity contribution in [2.45, 2.75) is 46.1 Å². The predicted molar refractivity (Wildman–Crippen MR) is 67.1 cm³/mol. The molecule has 0 spiro atoms. The molecule has 0 aliphatic heterocycles. The fourth-order valence-corrected chi connectivity index (χ4v) is 1.91. The maximum absolute atomic E-state index is 3.54. The summed E-state index contributed by atoms with van der Waals surface area (Å²) in [5.41, 5.74) is 2.85. The minimum atomic E-state index is 0.533. The molecule has 0 heterocycles. The Kier molecular flexibility index (Phi) is 5.41. The molecule has 0 fully saturated rings. The van der Waals surface area contributed by atoms with E-state index in [0.717, 1.165) is 13.0 Å². The highest BCUT2D eigenvalue weighted by Crippen LogP contribution is 2.18. The molecule has 0 saturated heterocycles. The van der Waals surface area contributed by atoms with Crippen molar-refractivity contribution in [1.29, 1.82) is 0 Å². The van der Waals surface area contributed by atoms with Gasteiger partial charge < -0.3 is 5.32 Å². The van der Waals surface area contributed by atoms with Gasteiger partial charge in [-0.25, -0.2) is 0 Å². The second-order valence-corrected chi connectivity index (χ2v) is 3.99. The quantitative estimate of drug-likeness (QED) is 0.746. The molecule has 0 aliphatic rings. The van der Waals surface area contributed by atoms with Crippen molar-refractivity contribution >= 4 is 0 Å². The highest BCUT2D eigenvalue weighted by Gasteiger charge is 2.07. The third kappa shape index (κ3) is 3.67. The number of hydrogen-bond acceptors (Lipinski definition) is 1. The van der Waals surface area contributed by atoms with Crippen LogP contribution in [0.4, 0.5) is 0 Å². The van der Waals surface area contributed by atoms with Crippen molar-refractivity contribution in [3.8, 4) is 0 Å². The number of hydrogen-bond donors (Lipinski definition) is 1. The van der Waals surface area contributed by atoms with Crippen LogP contribution >= 0.6 is 0 Å². The molecule has 1 rings (SSSR count). The predicted octanol–water partition coefficient (Wildman–Crippen LogP) is 3.70. The van der Waals surface area contributed by atoms with Gasteiger partial charge in [-0.05, 0) is 30.5 Å². The monoisotopic (exact) mass is 205 g/mol. The summed E-state index contributed by atoms with van der Waals surface area (Å²) in [7, 11) is 0. The van der Waals surface area contributed by atoms with Crippen LogP contribution in [-0.4, -0.2) is 6.54 Å². The van der Waals surface area contributed by atoms with Gasteiger partial charge in [0.25, 0.3) is 0 Å². The lowest BCUT2D eigenvalue weighted by atomic mass is 10.0. The van der Waals surface area contributed by atoms with E-state index in [-0.39, 0.29) is 0 Å². The fraction of sp³-hybridized carbons (Fsp3) is 0.571. The normalized spacial score (nSPS) is 12.7. The zero-order valence-electron chi connectivity index (χ0n) is 10.2. The maximum atomic E-state index is 3.54. The number of rotatable bonds is 6. The molecule has 0 aliphatic carbocycles. The summed E-state index contributed by atoms with van der Waals surface area (Å²) in [6, 6.07) is 9.56. The number of aryl methyl sites for hydroxylation is 1. The Morgan fingerprint density at radius 3 is 2.20 bits per heavy atom. The van der Waals surface area contributed by atoms with E-state index in [4.69, 9.17) is 0 Å². The van der Waals surface area contributed by atoms with Crippen molar-refractivity contribution in [1.82, 2.24) is 5.32 Å². The van der Waals surface area contributed by atoms with Gasteiger partial charge in [0.05, 0.1) is 0 Å². The van der Waals surface area contributed by atoms with Gasteiger partial charge in [0.15, 0.2) is 0 Å². The van der Waals surface area contributed by atoms with Crippen molar-refractivity contribution in [3.63, 3.8) is 0 Å². The van der Waals surface area contributed by atoms with Gasteiger partial charge in [0.2, 0.25) is 0 Å². The maximum Gasteiger partial charge on any atom is 0.0320 e. The smallest absolute Gasteiger partial charge is 0.0320 e. The van der Waals surface area contributed by atoms with Crippen molar-refractivity contribution < 1.29 is 0 Å². The molecule has 0 aromatic heterocycles. The van der Waals surface area contributed by atoms with Gasteiger partial charge in [-0.2, -0.15) is 0 Å². The molecule has 1 aromatic carbocycles. The van der Waals surface area contributed by atoms with E-state index in [1.807, 2.05) is 0 Å². The Hall–Kier alpha value is -0.820. The van der Waals surface area contributed by atoms with E-state index in [2.05, 4.69) is 50.4 Å². The fourth-order valence-electron chi connectivity index (χ4n) is 1.91. The van der Waals surface area contributed by atoms with E-state index in [0.29, 0.717) is 6.04 Å². The summed E-state index contributed by atoms with van der Waals surface area (Å²) < 4.78 is 0. The Labute approximate surface area is 93.9 Å². The Morgan fingerprint density at radius 2 is 1.73 bits per heavy atom. The molecule has 1 aromatic rings. The zero-order valence-corrected chi connectivity index (χ0v) is 10.2. The molecule has 0 amide bonds. The summed E-state index contributed by atoms with van der Waals surface area (Å²) in [4.78, 5) is 0. The van der Waals surface area contributed by atoms with Crippen LogP contribution in [-0.2, 0) is 6.42 Å². The summed E-state index contributed by atoms with van der Waals surface area (Å²) >= 11 is 0. The van der Waals surface area contributed by atoms with Crippen LogP contribution in [0.15, 0.2) is 24.3 Å². The van der Waals surface area contributed by atoms with Crippen LogP contribution in [0.1, 0.15) is 50.8 Å². The highest BCUT2D eigenvalue weighted by atomic mass is 14.9. The topological polar surface area (TPSA) is 12.0 Å². The van der Waals surface area contributed by atoms with Crippen LogP contribution in [0, 0.1) is 0 Å². The molecule has 1 nitrogen and oxygen atoms in total. The summed E-state index contributed by atoms with van der Waals surface area (Å²) in [6.07, 6.45) is 3.58. The van der Waals surface area contributed by atoms with Gasteiger partial charge in [0.1, 0.15) is 0 Å². The van der Waals surface area contributed by atoms with Crippen molar-refractivity contribution in [3.05, 3.63) is 35.4 Å². The Morgan fingerprint density at radius 1 is 1.07 bits per heavy atom. The summed E-state index contributed by atoms with van der Waals surface area (Å²) in [6.45, 7) is 7.65. The third-order valence-corrected chi connectivity index (χ3v) is 2.82. The summed E-state index contributed by atoms with van der Waals surface area (Å²) in [5, 5.41) is 3.54. The standard InChI is InChI=1S/C14H23N/c1-4-7-14(15-6-3)13-10-8-12(5-2)9-11-13/h8-11,14-15H,4-7H2,1-3H3. The highest BCUT2D eigenvalue weighted by molar-refractivity contribution is 5.25. The minimum Gasteiger partial charge on any atom is -0.310 e. The average Bonchev–Trinajstić information content (AvgIpc) is 2.29. The second kappa shape index (κ2) is 6.62. The SMILES string of the molecule is CCCC(NCC)c1ccc(CC)cc1. The average molecular weight is 205 g/mol. The third-order valence-electron chi connectivity index (χ3n) is 2.82. The minimum absolute atomic E-state index is 0.533. The van der Waals surface area contributed by atoms with Crippen LogP contribution in [0.2, 0.25) is 0 Å². The molecule has 1 unspecified atom stereocenters. The molecular formula is C14H23N. The Bertz CT molecular complexity index is 257.